The van der Waals surface area contributed by atoms with Crippen LogP contribution in [0.1, 0.15) is 0 Å². The summed E-state index contributed by atoms with van der Waals surface area (Å²) >= 11 is 3.71. The van der Waals surface area contributed by atoms with Gasteiger partial charge < -0.3 is 9.13 Å². The summed E-state index contributed by atoms with van der Waals surface area (Å²) in [5.41, 5.74) is 14.2. The first-order valence-corrected chi connectivity index (χ1v) is 27.2. The molecule has 7 heteroatoms. The molecule has 0 saturated carbocycles. The van der Waals surface area contributed by atoms with Crippen LogP contribution < -0.4 is 0 Å². The molecule has 0 bridgehead atoms. The Balaban J connectivity index is 0.939. The van der Waals surface area contributed by atoms with Crippen LogP contribution in [0.4, 0.5) is 0 Å². The van der Waals surface area contributed by atoms with Gasteiger partial charge in [-0.15, -0.1) is 22.7 Å². The fourth-order valence-corrected chi connectivity index (χ4v) is 14.0. The molecule has 0 unspecified atom stereocenters. The zero-order valence-corrected chi connectivity index (χ0v) is 42.4. The van der Waals surface area contributed by atoms with Crippen molar-refractivity contribution < 1.29 is 0 Å². The van der Waals surface area contributed by atoms with Crippen molar-refractivity contribution in [3.63, 3.8) is 0 Å². The van der Waals surface area contributed by atoms with Crippen molar-refractivity contribution in [2.75, 3.05) is 0 Å². The van der Waals surface area contributed by atoms with Crippen molar-refractivity contribution in [2.24, 2.45) is 0 Å². The molecule has 0 spiro atoms. The Labute approximate surface area is 444 Å². The number of nitrogens with zero attached hydrogens (tertiary/aromatic N) is 5. The van der Waals surface area contributed by atoms with Crippen LogP contribution in [0.3, 0.4) is 0 Å². The van der Waals surface area contributed by atoms with Gasteiger partial charge in [0.1, 0.15) is 0 Å². The van der Waals surface area contributed by atoms with E-state index in [2.05, 4.69) is 221 Å². The van der Waals surface area contributed by atoms with Crippen molar-refractivity contribution >= 4 is 107 Å². The second-order valence-electron chi connectivity index (χ2n) is 19.5. The van der Waals surface area contributed by atoms with Crippen LogP contribution in [0.25, 0.3) is 152 Å². The average Bonchev–Trinajstić information content (AvgIpc) is 4.29. The molecule has 5 aromatic heterocycles. The van der Waals surface area contributed by atoms with Crippen LogP contribution in [0.2, 0.25) is 0 Å². The SMILES string of the molecule is c1ccc(-c2nc(-c3ccccc3)nc(-c3cc(-c4ccc5sc6ccc7c(c8ccccc8n7-c7ccccc7)c6c5c4)ccc3-c3ccc4sc5ccc6c(c7ccccc7n6-c6ccccc6)c5c4c3)n2)cc1. The summed E-state index contributed by atoms with van der Waals surface area (Å²) in [7, 11) is 0. The number of fused-ring (bicyclic) bond motifs is 14. The molecule has 16 aromatic rings. The van der Waals surface area contributed by atoms with Crippen LogP contribution in [0.15, 0.2) is 249 Å². The third-order valence-corrected chi connectivity index (χ3v) is 17.4. The van der Waals surface area contributed by atoms with Crippen LogP contribution in [0, 0.1) is 0 Å². The Bertz CT molecular complexity index is 4920. The largest absolute Gasteiger partial charge is 0.309 e. The lowest BCUT2D eigenvalue weighted by Crippen LogP contribution is -2.01. The molecule has 0 fully saturated rings. The maximum absolute atomic E-state index is 5.38. The Morgan fingerprint density at radius 2 is 0.658 bits per heavy atom. The van der Waals surface area contributed by atoms with Crippen LogP contribution in [-0.2, 0) is 0 Å². The van der Waals surface area contributed by atoms with E-state index < -0.39 is 0 Å². The zero-order valence-electron chi connectivity index (χ0n) is 40.7. The summed E-state index contributed by atoms with van der Waals surface area (Å²) in [6, 6.07) is 89.7. The molecule has 0 N–H and O–H groups in total. The Kier molecular flexibility index (Phi) is 9.61. The smallest absolute Gasteiger partial charge is 0.164 e. The van der Waals surface area contributed by atoms with Gasteiger partial charge in [0.25, 0.3) is 0 Å². The molecule has 354 valence electrons. The molecule has 0 aliphatic rings. The van der Waals surface area contributed by atoms with E-state index in [9.17, 15) is 0 Å². The second kappa shape index (κ2) is 17.0. The van der Waals surface area contributed by atoms with Gasteiger partial charge in [-0.2, -0.15) is 0 Å². The Hall–Kier alpha value is -9.53. The first kappa shape index (κ1) is 42.9. The quantitative estimate of drug-likeness (QED) is 0.160. The number of aromatic nitrogens is 5. The standard InChI is InChI=1S/C69H41N5S2/c1-5-17-42(18-6-1)67-70-68(43-19-7-2-8-20-43)72-69(71-67)52-39-44(45-30-35-59-53(40-45)65-61(75-59)37-33-57-63(65)50-25-13-15-27-55(50)73(57)47-21-9-3-10-22-47)29-32-49(52)46-31-36-60-54(41-46)66-62(76-60)38-34-58-64(66)51-26-14-16-28-56(51)74(58)48-23-11-4-12-24-48/h1-41H. The summed E-state index contributed by atoms with van der Waals surface area (Å²) < 4.78 is 9.86. The van der Waals surface area contributed by atoms with E-state index in [1.54, 1.807) is 0 Å². The van der Waals surface area contributed by atoms with Crippen molar-refractivity contribution in [3.8, 4) is 67.8 Å². The highest BCUT2D eigenvalue weighted by Crippen LogP contribution is 2.48. The average molecular weight is 1000 g/mol. The highest BCUT2D eigenvalue weighted by Gasteiger charge is 2.23. The lowest BCUT2D eigenvalue weighted by atomic mass is 9.92. The molecule has 0 radical (unpaired) electrons. The molecule has 0 aliphatic carbocycles. The maximum Gasteiger partial charge on any atom is 0.164 e. The van der Waals surface area contributed by atoms with Gasteiger partial charge in [-0.05, 0) is 113 Å². The number of hydrogen-bond acceptors (Lipinski definition) is 5. The van der Waals surface area contributed by atoms with E-state index in [1.165, 1.54) is 84.0 Å². The molecule has 5 heterocycles. The molecule has 0 aliphatic heterocycles. The minimum absolute atomic E-state index is 0.616. The van der Waals surface area contributed by atoms with Gasteiger partial charge >= 0.3 is 0 Å². The minimum atomic E-state index is 0.616. The number of hydrogen-bond donors (Lipinski definition) is 0. The molecule has 11 aromatic carbocycles. The minimum Gasteiger partial charge on any atom is -0.309 e. The van der Waals surface area contributed by atoms with Crippen molar-refractivity contribution in [1.82, 2.24) is 24.1 Å². The van der Waals surface area contributed by atoms with E-state index in [-0.39, 0.29) is 0 Å². The fraction of sp³-hybridized carbons (Fsp3) is 0. The molecule has 76 heavy (non-hydrogen) atoms. The first-order valence-electron chi connectivity index (χ1n) is 25.6. The topological polar surface area (TPSA) is 48.5 Å². The summed E-state index contributed by atoms with van der Waals surface area (Å²) in [6.07, 6.45) is 0. The highest BCUT2D eigenvalue weighted by molar-refractivity contribution is 7.26. The van der Waals surface area contributed by atoms with Gasteiger partial charge in [-0.3, -0.25) is 0 Å². The van der Waals surface area contributed by atoms with Crippen molar-refractivity contribution in [3.05, 3.63) is 249 Å². The van der Waals surface area contributed by atoms with E-state index in [4.69, 9.17) is 15.0 Å². The Morgan fingerprint density at radius 3 is 1.18 bits per heavy atom. The van der Waals surface area contributed by atoms with Crippen molar-refractivity contribution in [1.29, 1.82) is 0 Å². The molecule has 0 amide bonds. The summed E-state index contributed by atoms with van der Waals surface area (Å²) in [5, 5.41) is 10.1. The maximum atomic E-state index is 5.38. The normalized spacial score (nSPS) is 11.9. The van der Waals surface area contributed by atoms with E-state index in [0.717, 1.165) is 50.3 Å². The lowest BCUT2D eigenvalue weighted by molar-refractivity contribution is 1.07. The summed E-state index contributed by atoms with van der Waals surface area (Å²) in [5.74, 6) is 1.87. The predicted molar refractivity (Wildman–Crippen MR) is 321 cm³/mol. The van der Waals surface area contributed by atoms with E-state index >= 15 is 0 Å². The number of benzene rings is 11. The number of thiophene rings is 2. The monoisotopic (exact) mass is 1000 g/mol. The molecule has 0 saturated heterocycles. The van der Waals surface area contributed by atoms with Crippen LogP contribution >= 0.6 is 22.7 Å². The Morgan fingerprint density at radius 1 is 0.250 bits per heavy atom. The van der Waals surface area contributed by atoms with Gasteiger partial charge in [-0.25, -0.2) is 15.0 Å². The third-order valence-electron chi connectivity index (χ3n) is 15.2. The predicted octanol–water partition coefficient (Wildman–Crippen LogP) is 19.1. The summed E-state index contributed by atoms with van der Waals surface area (Å²) in [4.78, 5) is 15.9. The summed E-state index contributed by atoms with van der Waals surface area (Å²) in [6.45, 7) is 0. The molecular weight excluding hydrogens is 963 g/mol. The van der Waals surface area contributed by atoms with Crippen LogP contribution in [0.5, 0.6) is 0 Å². The van der Waals surface area contributed by atoms with Gasteiger partial charge in [-0.1, -0.05) is 158 Å². The van der Waals surface area contributed by atoms with Gasteiger partial charge in [0.05, 0.1) is 22.1 Å². The first-order chi connectivity index (χ1) is 37.7. The lowest BCUT2D eigenvalue weighted by Gasteiger charge is -2.14. The van der Waals surface area contributed by atoms with Crippen molar-refractivity contribution in [2.45, 2.75) is 0 Å². The highest BCUT2D eigenvalue weighted by atomic mass is 32.1. The van der Waals surface area contributed by atoms with Gasteiger partial charge in [0.2, 0.25) is 0 Å². The molecule has 5 nitrogen and oxygen atoms in total. The second-order valence-corrected chi connectivity index (χ2v) is 21.6. The fourth-order valence-electron chi connectivity index (χ4n) is 11.8. The number of para-hydroxylation sites is 4. The zero-order chi connectivity index (χ0) is 49.8. The van der Waals surface area contributed by atoms with Gasteiger partial charge in [0, 0.05) is 90.0 Å². The number of rotatable bonds is 7. The molecular formula is C69H41N5S2. The third kappa shape index (κ3) is 6.66. The van der Waals surface area contributed by atoms with Gasteiger partial charge in [0.15, 0.2) is 17.5 Å². The molecule has 0 atom stereocenters. The van der Waals surface area contributed by atoms with E-state index in [1.807, 2.05) is 59.1 Å². The molecule has 16 rings (SSSR count). The van der Waals surface area contributed by atoms with E-state index in [0.29, 0.717) is 17.5 Å². The van der Waals surface area contributed by atoms with Crippen LogP contribution in [-0.4, -0.2) is 24.1 Å².